The van der Waals surface area contributed by atoms with Crippen LogP contribution in [0.1, 0.15) is 11.5 Å². The van der Waals surface area contributed by atoms with Crippen LogP contribution < -0.4 is 4.72 Å². The Kier molecular flexibility index (Phi) is 6.29. The third kappa shape index (κ3) is 4.33. The number of rotatable bonds is 8. The first-order chi connectivity index (χ1) is 13.3. The largest absolute Gasteiger partial charge is 0.294 e. The summed E-state index contributed by atoms with van der Waals surface area (Å²) in [6.45, 7) is 5.35. The van der Waals surface area contributed by atoms with Gasteiger partial charge in [0.25, 0.3) is 5.69 Å². The van der Waals surface area contributed by atoms with Gasteiger partial charge in [0.2, 0.25) is 10.0 Å². The van der Waals surface area contributed by atoms with Gasteiger partial charge in [-0.15, -0.1) is 6.58 Å². The van der Waals surface area contributed by atoms with E-state index in [1.54, 1.807) is 6.08 Å². The molecule has 3 rings (SSSR count). The van der Waals surface area contributed by atoms with Crippen molar-refractivity contribution in [2.24, 2.45) is 0 Å². The first-order valence-corrected chi connectivity index (χ1v) is 10.9. The summed E-state index contributed by atoms with van der Waals surface area (Å²) in [6.07, 6.45) is 1.78. The second-order valence-electron chi connectivity index (χ2n) is 6.54. The summed E-state index contributed by atoms with van der Waals surface area (Å²) >= 11 is 3.42. The number of hydrogen-bond acceptors (Lipinski definition) is 5. The lowest BCUT2D eigenvalue weighted by atomic mass is 9.82. The van der Waals surface area contributed by atoms with Crippen LogP contribution in [0, 0.1) is 10.1 Å². The van der Waals surface area contributed by atoms with E-state index < -0.39 is 20.6 Å². The van der Waals surface area contributed by atoms with Crippen molar-refractivity contribution in [3.8, 4) is 0 Å². The van der Waals surface area contributed by atoms with Gasteiger partial charge < -0.3 is 0 Å². The first kappa shape index (κ1) is 20.7. The smallest absolute Gasteiger partial charge is 0.289 e. The number of nitrogens with zero attached hydrogens (tertiary/aromatic N) is 2. The maximum Gasteiger partial charge on any atom is 0.289 e. The van der Waals surface area contributed by atoms with Crippen LogP contribution in [0.4, 0.5) is 5.69 Å². The van der Waals surface area contributed by atoms with E-state index in [-0.39, 0.29) is 23.4 Å². The van der Waals surface area contributed by atoms with Crippen LogP contribution in [0.2, 0.25) is 0 Å². The van der Waals surface area contributed by atoms with E-state index >= 15 is 0 Å². The average molecular weight is 466 g/mol. The molecule has 1 aliphatic rings. The van der Waals surface area contributed by atoms with Crippen LogP contribution in [0.5, 0.6) is 0 Å². The molecule has 0 amide bonds. The van der Waals surface area contributed by atoms with E-state index in [1.165, 1.54) is 24.3 Å². The lowest BCUT2D eigenvalue weighted by Gasteiger charge is -2.48. The highest BCUT2D eigenvalue weighted by molar-refractivity contribution is 9.10. The fourth-order valence-electron chi connectivity index (χ4n) is 3.42. The predicted molar refractivity (Wildman–Crippen MR) is 111 cm³/mol. The van der Waals surface area contributed by atoms with Crippen molar-refractivity contribution in [1.82, 2.24) is 9.62 Å². The minimum atomic E-state index is -4.01. The number of hydrogen-bond donors (Lipinski definition) is 1. The van der Waals surface area contributed by atoms with Crippen LogP contribution in [0.15, 0.2) is 70.6 Å². The monoisotopic (exact) mass is 465 g/mol. The van der Waals surface area contributed by atoms with Gasteiger partial charge in [-0.2, -0.15) is 0 Å². The molecule has 9 heteroatoms. The Balaban J connectivity index is 1.79. The van der Waals surface area contributed by atoms with Gasteiger partial charge in [0, 0.05) is 42.1 Å². The second-order valence-corrected chi connectivity index (χ2v) is 9.20. The molecule has 2 atom stereocenters. The Morgan fingerprint density at radius 2 is 1.93 bits per heavy atom. The second kappa shape index (κ2) is 8.52. The van der Waals surface area contributed by atoms with Gasteiger partial charge in [0.15, 0.2) is 4.90 Å². The molecule has 1 fully saturated rings. The van der Waals surface area contributed by atoms with Gasteiger partial charge in [-0.25, -0.2) is 13.1 Å². The van der Waals surface area contributed by atoms with E-state index in [0.717, 1.165) is 16.6 Å². The topological polar surface area (TPSA) is 92.6 Å². The van der Waals surface area contributed by atoms with Crippen molar-refractivity contribution in [1.29, 1.82) is 0 Å². The summed E-state index contributed by atoms with van der Waals surface area (Å²) in [7, 11) is -4.01. The number of para-hydroxylation sites is 1. The van der Waals surface area contributed by atoms with Crippen molar-refractivity contribution in [2.75, 3.05) is 19.6 Å². The SMILES string of the molecule is C=CCN1C[C@H](c2ccc(Br)cc2)[C@@H]1CNS(=O)(=O)c1ccccc1[N+](=O)[O-]. The van der Waals surface area contributed by atoms with Gasteiger partial charge in [0.1, 0.15) is 0 Å². The molecule has 1 aliphatic heterocycles. The summed E-state index contributed by atoms with van der Waals surface area (Å²) in [6, 6.07) is 13.2. The Morgan fingerprint density at radius 3 is 2.57 bits per heavy atom. The zero-order chi connectivity index (χ0) is 20.3. The molecule has 1 saturated heterocycles. The van der Waals surface area contributed by atoms with Crippen LogP contribution in [0.25, 0.3) is 0 Å². The summed E-state index contributed by atoms with van der Waals surface area (Å²) in [4.78, 5) is 12.3. The van der Waals surface area contributed by atoms with E-state index in [0.29, 0.717) is 6.54 Å². The molecule has 1 N–H and O–H groups in total. The van der Waals surface area contributed by atoms with Crippen molar-refractivity contribution in [3.63, 3.8) is 0 Å². The molecule has 0 spiro atoms. The molecule has 1 heterocycles. The Morgan fingerprint density at radius 1 is 1.25 bits per heavy atom. The van der Waals surface area contributed by atoms with E-state index in [2.05, 4.69) is 32.1 Å². The Labute approximate surface area is 172 Å². The molecular formula is C19H20BrN3O4S. The van der Waals surface area contributed by atoms with E-state index in [9.17, 15) is 18.5 Å². The van der Waals surface area contributed by atoms with Gasteiger partial charge >= 0.3 is 0 Å². The molecule has 0 unspecified atom stereocenters. The molecule has 28 heavy (non-hydrogen) atoms. The lowest BCUT2D eigenvalue weighted by molar-refractivity contribution is -0.387. The van der Waals surface area contributed by atoms with Gasteiger partial charge in [-0.05, 0) is 23.8 Å². The molecule has 2 aromatic carbocycles. The molecular weight excluding hydrogens is 446 g/mol. The summed E-state index contributed by atoms with van der Waals surface area (Å²) in [5, 5.41) is 11.2. The van der Waals surface area contributed by atoms with Crippen molar-refractivity contribution in [2.45, 2.75) is 16.9 Å². The Bertz CT molecular complexity index is 979. The van der Waals surface area contributed by atoms with Crippen LogP contribution >= 0.6 is 15.9 Å². The molecule has 2 aromatic rings. The molecule has 0 saturated carbocycles. The number of nitro groups is 1. The normalized spacial score (nSPS) is 19.8. The zero-order valence-electron chi connectivity index (χ0n) is 15.0. The molecule has 7 nitrogen and oxygen atoms in total. The first-order valence-electron chi connectivity index (χ1n) is 8.67. The number of nitro benzene ring substituents is 1. The van der Waals surface area contributed by atoms with Crippen LogP contribution in [-0.2, 0) is 10.0 Å². The predicted octanol–water partition coefficient (Wildman–Crippen LogP) is 3.29. The maximum atomic E-state index is 12.7. The van der Waals surface area contributed by atoms with Crippen molar-refractivity contribution in [3.05, 3.63) is 81.3 Å². The van der Waals surface area contributed by atoms with Gasteiger partial charge in [-0.1, -0.05) is 46.3 Å². The van der Waals surface area contributed by atoms with Crippen LogP contribution in [-0.4, -0.2) is 43.9 Å². The summed E-state index contributed by atoms with van der Waals surface area (Å²) < 4.78 is 28.9. The highest BCUT2D eigenvalue weighted by atomic mass is 79.9. The fourth-order valence-corrected chi connectivity index (χ4v) is 4.90. The van der Waals surface area contributed by atoms with E-state index in [4.69, 9.17) is 0 Å². The molecule has 148 valence electrons. The quantitative estimate of drug-likeness (QED) is 0.366. The minimum Gasteiger partial charge on any atom is -0.294 e. The van der Waals surface area contributed by atoms with Gasteiger partial charge in [-0.3, -0.25) is 15.0 Å². The number of likely N-dealkylation sites (tertiary alicyclic amines) is 1. The zero-order valence-corrected chi connectivity index (χ0v) is 17.4. The third-order valence-electron chi connectivity index (χ3n) is 4.86. The van der Waals surface area contributed by atoms with Gasteiger partial charge in [0.05, 0.1) is 4.92 Å². The average Bonchev–Trinajstić information content (AvgIpc) is 2.66. The van der Waals surface area contributed by atoms with Crippen molar-refractivity contribution >= 4 is 31.6 Å². The standard InChI is InChI=1S/C19H20BrN3O4S/c1-2-11-22-13-16(14-7-9-15(20)10-8-14)18(22)12-21-28(26,27)19-6-4-3-5-17(19)23(24)25/h2-10,16,18,21H,1,11-13H2/t16-,18+/m1/s1. The minimum absolute atomic E-state index is 0.0586. The van der Waals surface area contributed by atoms with E-state index in [1.807, 2.05) is 24.3 Å². The number of sulfonamides is 1. The number of nitrogens with one attached hydrogen (secondary N) is 1. The van der Waals surface area contributed by atoms with Crippen LogP contribution in [0.3, 0.4) is 0 Å². The summed E-state index contributed by atoms with van der Waals surface area (Å²) in [5.41, 5.74) is 0.689. The van der Waals surface area contributed by atoms with Crippen molar-refractivity contribution < 1.29 is 13.3 Å². The molecule has 0 bridgehead atoms. The lowest BCUT2D eigenvalue weighted by Crippen LogP contribution is -2.58. The molecule has 0 aliphatic carbocycles. The summed E-state index contributed by atoms with van der Waals surface area (Å²) in [5.74, 6) is 0.168. The molecule has 0 radical (unpaired) electrons. The fraction of sp³-hybridized carbons (Fsp3) is 0.263. The molecule has 0 aromatic heterocycles. The highest BCUT2D eigenvalue weighted by Gasteiger charge is 2.40. The highest BCUT2D eigenvalue weighted by Crippen LogP contribution is 2.34. The third-order valence-corrected chi connectivity index (χ3v) is 6.86. The number of halogens is 1. The number of benzene rings is 2. The maximum absolute atomic E-state index is 12.7. The Hall–Kier alpha value is -2.07.